The fourth-order valence-corrected chi connectivity index (χ4v) is 0.636. The van der Waals surface area contributed by atoms with Gasteiger partial charge in [0.25, 0.3) is 0 Å². The SMILES string of the molecule is CN=Cc1cnc(Cl)nc1. The summed E-state index contributed by atoms with van der Waals surface area (Å²) >= 11 is 5.45. The first kappa shape index (κ1) is 7.15. The van der Waals surface area contributed by atoms with Gasteiger partial charge in [0.05, 0.1) is 0 Å². The molecule has 1 heterocycles. The van der Waals surface area contributed by atoms with E-state index in [0.717, 1.165) is 5.56 Å². The van der Waals surface area contributed by atoms with Crippen LogP contribution in [0.5, 0.6) is 0 Å². The summed E-state index contributed by atoms with van der Waals surface area (Å²) in [5, 5.41) is 0.258. The molecule has 0 saturated carbocycles. The van der Waals surface area contributed by atoms with Crippen LogP contribution in [0.2, 0.25) is 5.28 Å². The number of aliphatic imine (C=N–C) groups is 1. The third kappa shape index (κ3) is 1.77. The molecule has 0 radical (unpaired) electrons. The normalized spacial score (nSPS) is 10.6. The van der Waals surface area contributed by atoms with Crippen LogP contribution >= 0.6 is 11.6 Å². The molecule has 0 unspecified atom stereocenters. The minimum absolute atomic E-state index is 0.258. The van der Waals surface area contributed by atoms with Gasteiger partial charge in [0.1, 0.15) is 0 Å². The third-order valence-electron chi connectivity index (χ3n) is 0.918. The summed E-state index contributed by atoms with van der Waals surface area (Å²) in [6.45, 7) is 0. The second kappa shape index (κ2) is 3.27. The lowest BCUT2D eigenvalue weighted by molar-refractivity contribution is 1.16. The van der Waals surface area contributed by atoms with E-state index in [-0.39, 0.29) is 5.28 Å². The van der Waals surface area contributed by atoms with Gasteiger partial charge in [-0.05, 0) is 11.6 Å². The number of nitrogens with zero attached hydrogens (tertiary/aromatic N) is 3. The van der Waals surface area contributed by atoms with Crippen molar-refractivity contribution in [2.75, 3.05) is 7.05 Å². The Morgan fingerprint density at radius 1 is 1.50 bits per heavy atom. The number of hydrogen-bond donors (Lipinski definition) is 0. The lowest BCUT2D eigenvalue weighted by atomic mass is 10.4. The zero-order valence-corrected chi connectivity index (χ0v) is 6.21. The summed E-state index contributed by atoms with van der Waals surface area (Å²) in [5.41, 5.74) is 0.854. The van der Waals surface area contributed by atoms with Gasteiger partial charge in [0, 0.05) is 31.2 Å². The Kier molecular flexibility index (Phi) is 2.34. The minimum Gasteiger partial charge on any atom is -0.296 e. The van der Waals surface area contributed by atoms with Crippen LogP contribution in [0.1, 0.15) is 5.56 Å². The van der Waals surface area contributed by atoms with Crippen LogP contribution in [0.15, 0.2) is 17.4 Å². The molecule has 52 valence electrons. The van der Waals surface area contributed by atoms with E-state index in [2.05, 4.69) is 15.0 Å². The first-order valence-corrected chi connectivity index (χ1v) is 3.10. The van der Waals surface area contributed by atoms with Gasteiger partial charge in [-0.15, -0.1) is 0 Å². The van der Waals surface area contributed by atoms with E-state index >= 15 is 0 Å². The van der Waals surface area contributed by atoms with Crippen LogP contribution < -0.4 is 0 Å². The zero-order valence-electron chi connectivity index (χ0n) is 5.45. The van der Waals surface area contributed by atoms with Gasteiger partial charge in [-0.3, -0.25) is 4.99 Å². The summed E-state index contributed by atoms with van der Waals surface area (Å²) in [5.74, 6) is 0. The molecule has 0 atom stereocenters. The molecule has 0 aliphatic rings. The summed E-state index contributed by atoms with van der Waals surface area (Å²) in [6, 6.07) is 0. The maximum absolute atomic E-state index is 5.45. The molecule has 0 spiro atoms. The predicted molar refractivity (Wildman–Crippen MR) is 40.6 cm³/mol. The molecule has 0 N–H and O–H groups in total. The summed E-state index contributed by atoms with van der Waals surface area (Å²) in [7, 11) is 1.69. The molecule has 0 aliphatic carbocycles. The molecule has 0 amide bonds. The van der Waals surface area contributed by atoms with Crippen molar-refractivity contribution in [1.82, 2.24) is 9.97 Å². The van der Waals surface area contributed by atoms with Gasteiger partial charge in [-0.2, -0.15) is 0 Å². The lowest BCUT2D eigenvalue weighted by Gasteiger charge is -1.88. The van der Waals surface area contributed by atoms with Gasteiger partial charge < -0.3 is 0 Å². The molecular formula is C6H6ClN3. The van der Waals surface area contributed by atoms with Crippen LogP contribution in [0.4, 0.5) is 0 Å². The fraction of sp³-hybridized carbons (Fsp3) is 0.167. The summed E-state index contributed by atoms with van der Waals surface area (Å²) < 4.78 is 0. The minimum atomic E-state index is 0.258. The van der Waals surface area contributed by atoms with Crippen molar-refractivity contribution >= 4 is 17.8 Å². The molecule has 1 rings (SSSR count). The summed E-state index contributed by atoms with van der Waals surface area (Å²) in [6.07, 6.45) is 4.89. The quantitative estimate of drug-likeness (QED) is 0.451. The Morgan fingerprint density at radius 3 is 2.60 bits per heavy atom. The van der Waals surface area contributed by atoms with Crippen LogP contribution in [0.3, 0.4) is 0 Å². The van der Waals surface area contributed by atoms with Crippen molar-refractivity contribution < 1.29 is 0 Å². The molecule has 0 aliphatic heterocycles. The zero-order chi connectivity index (χ0) is 7.40. The Balaban J connectivity index is 2.89. The van der Waals surface area contributed by atoms with Crippen molar-refractivity contribution in [2.45, 2.75) is 0 Å². The van der Waals surface area contributed by atoms with Crippen molar-refractivity contribution in [3.8, 4) is 0 Å². The van der Waals surface area contributed by atoms with Gasteiger partial charge in [0.2, 0.25) is 5.28 Å². The Labute approximate surface area is 63.8 Å². The smallest absolute Gasteiger partial charge is 0.222 e. The van der Waals surface area contributed by atoms with E-state index in [9.17, 15) is 0 Å². The van der Waals surface area contributed by atoms with E-state index in [1.165, 1.54) is 0 Å². The molecule has 3 nitrogen and oxygen atoms in total. The van der Waals surface area contributed by atoms with E-state index in [0.29, 0.717) is 0 Å². The molecular weight excluding hydrogens is 150 g/mol. The maximum atomic E-state index is 5.45. The number of rotatable bonds is 1. The highest BCUT2D eigenvalue weighted by Gasteiger charge is 1.88. The number of hydrogen-bond acceptors (Lipinski definition) is 3. The number of halogens is 1. The molecule has 0 fully saturated rings. The van der Waals surface area contributed by atoms with Crippen molar-refractivity contribution in [3.63, 3.8) is 0 Å². The Bertz CT molecular complexity index is 229. The molecule has 0 bridgehead atoms. The van der Waals surface area contributed by atoms with E-state index < -0.39 is 0 Å². The van der Waals surface area contributed by atoms with Crippen LogP contribution in [0, 0.1) is 0 Å². The first-order chi connectivity index (χ1) is 4.83. The Morgan fingerprint density at radius 2 is 2.10 bits per heavy atom. The van der Waals surface area contributed by atoms with Gasteiger partial charge in [0.15, 0.2) is 0 Å². The lowest BCUT2D eigenvalue weighted by Crippen LogP contribution is -1.86. The highest BCUT2D eigenvalue weighted by Crippen LogP contribution is 1.97. The van der Waals surface area contributed by atoms with E-state index in [1.54, 1.807) is 25.7 Å². The van der Waals surface area contributed by atoms with Crippen molar-refractivity contribution in [3.05, 3.63) is 23.2 Å². The third-order valence-corrected chi connectivity index (χ3v) is 1.11. The first-order valence-electron chi connectivity index (χ1n) is 2.72. The van der Waals surface area contributed by atoms with Crippen LogP contribution in [-0.4, -0.2) is 23.2 Å². The molecule has 1 aromatic rings. The average molecular weight is 156 g/mol. The molecule has 1 aromatic heterocycles. The molecule has 0 aromatic carbocycles. The highest BCUT2D eigenvalue weighted by molar-refractivity contribution is 6.28. The van der Waals surface area contributed by atoms with E-state index in [4.69, 9.17) is 11.6 Å². The van der Waals surface area contributed by atoms with Crippen LogP contribution in [-0.2, 0) is 0 Å². The number of aromatic nitrogens is 2. The monoisotopic (exact) mass is 155 g/mol. The molecule has 10 heavy (non-hydrogen) atoms. The fourth-order valence-electron chi connectivity index (χ4n) is 0.538. The van der Waals surface area contributed by atoms with Gasteiger partial charge in [-0.25, -0.2) is 9.97 Å². The highest BCUT2D eigenvalue weighted by atomic mass is 35.5. The summed E-state index contributed by atoms with van der Waals surface area (Å²) in [4.78, 5) is 11.3. The van der Waals surface area contributed by atoms with Gasteiger partial charge >= 0.3 is 0 Å². The van der Waals surface area contributed by atoms with E-state index in [1.807, 2.05) is 0 Å². The van der Waals surface area contributed by atoms with Crippen molar-refractivity contribution in [2.24, 2.45) is 4.99 Å². The van der Waals surface area contributed by atoms with Crippen molar-refractivity contribution in [1.29, 1.82) is 0 Å². The maximum Gasteiger partial charge on any atom is 0.222 e. The molecule has 4 heteroatoms. The van der Waals surface area contributed by atoms with Crippen LogP contribution in [0.25, 0.3) is 0 Å². The second-order valence-electron chi connectivity index (χ2n) is 1.67. The second-order valence-corrected chi connectivity index (χ2v) is 2.01. The predicted octanol–water partition coefficient (Wildman–Crippen LogP) is 1.18. The largest absolute Gasteiger partial charge is 0.296 e. The Hall–Kier alpha value is -0.960. The van der Waals surface area contributed by atoms with Gasteiger partial charge in [-0.1, -0.05) is 0 Å². The topological polar surface area (TPSA) is 38.1 Å². The molecule has 0 saturated heterocycles. The average Bonchev–Trinajstić information content (AvgIpc) is 1.95. The standard InChI is InChI=1S/C6H6ClN3/c1-8-2-5-3-9-6(7)10-4-5/h2-4H,1H3.